The molecular formula is C25H30N4O. The summed E-state index contributed by atoms with van der Waals surface area (Å²) in [5.41, 5.74) is 5.15. The number of hydrogen-bond acceptors (Lipinski definition) is 3. The van der Waals surface area contributed by atoms with Gasteiger partial charge < -0.3 is 19.7 Å². The first-order chi connectivity index (χ1) is 14.4. The predicted molar refractivity (Wildman–Crippen MR) is 122 cm³/mol. The molecule has 1 aromatic heterocycles. The van der Waals surface area contributed by atoms with Gasteiger partial charge in [-0.05, 0) is 57.6 Å². The van der Waals surface area contributed by atoms with E-state index in [-0.39, 0.29) is 11.4 Å². The van der Waals surface area contributed by atoms with Crippen LogP contribution in [0.2, 0.25) is 0 Å². The highest BCUT2D eigenvalue weighted by molar-refractivity contribution is 5.98. The van der Waals surface area contributed by atoms with Crippen molar-refractivity contribution in [1.29, 1.82) is 0 Å². The molecule has 1 saturated heterocycles. The zero-order chi connectivity index (χ0) is 21.0. The van der Waals surface area contributed by atoms with Crippen LogP contribution < -0.4 is 10.2 Å². The first-order valence-electron chi connectivity index (χ1n) is 10.8. The second kappa shape index (κ2) is 6.88. The van der Waals surface area contributed by atoms with E-state index in [2.05, 4.69) is 89.5 Å². The molecule has 156 valence electrons. The molecule has 30 heavy (non-hydrogen) atoms. The number of benzene rings is 2. The molecule has 5 nitrogen and oxygen atoms in total. The second-order valence-corrected chi connectivity index (χ2v) is 9.23. The Labute approximate surface area is 178 Å². The lowest BCUT2D eigenvalue weighted by Gasteiger charge is -2.44. The summed E-state index contributed by atoms with van der Waals surface area (Å²) in [6, 6.07) is 15.3. The van der Waals surface area contributed by atoms with E-state index in [1.165, 1.54) is 16.5 Å². The largest absolute Gasteiger partial charge is 0.368 e. The van der Waals surface area contributed by atoms with E-state index in [9.17, 15) is 4.79 Å². The number of fused-ring (bicyclic) bond motifs is 1. The van der Waals surface area contributed by atoms with E-state index in [4.69, 9.17) is 0 Å². The van der Waals surface area contributed by atoms with Crippen molar-refractivity contribution in [3.05, 3.63) is 65.4 Å². The quantitative estimate of drug-likeness (QED) is 0.708. The summed E-state index contributed by atoms with van der Waals surface area (Å²) in [5, 5.41) is 4.63. The molecule has 2 aliphatic rings. The Morgan fingerprint density at radius 2 is 1.87 bits per heavy atom. The van der Waals surface area contributed by atoms with Crippen molar-refractivity contribution in [2.24, 2.45) is 7.05 Å². The number of likely N-dealkylation sites (N-methyl/N-ethyl adjacent to an activating group) is 1. The maximum absolute atomic E-state index is 13.3. The number of aromatic nitrogens is 1. The normalized spacial score (nSPS) is 18.0. The summed E-state index contributed by atoms with van der Waals surface area (Å²) >= 11 is 0. The summed E-state index contributed by atoms with van der Waals surface area (Å²) < 4.78 is 2.16. The predicted octanol–water partition coefficient (Wildman–Crippen LogP) is 3.66. The van der Waals surface area contributed by atoms with Gasteiger partial charge in [0.15, 0.2) is 0 Å². The number of rotatable bonds is 5. The number of amides is 1. The number of carbonyl (C=O) groups is 1. The lowest BCUT2D eigenvalue weighted by atomic mass is 10.0. The van der Waals surface area contributed by atoms with E-state index < -0.39 is 0 Å². The van der Waals surface area contributed by atoms with Gasteiger partial charge in [0.1, 0.15) is 0 Å². The highest BCUT2D eigenvalue weighted by atomic mass is 16.1. The summed E-state index contributed by atoms with van der Waals surface area (Å²) in [7, 11) is 6.32. The molecule has 1 amide bonds. The molecule has 0 bridgehead atoms. The van der Waals surface area contributed by atoms with Gasteiger partial charge in [-0.1, -0.05) is 24.3 Å². The van der Waals surface area contributed by atoms with Gasteiger partial charge in [-0.3, -0.25) is 4.79 Å². The molecule has 1 aliphatic heterocycles. The smallest absolute Gasteiger partial charge is 0.252 e. The number of para-hydroxylation sites is 1. The fourth-order valence-corrected chi connectivity index (χ4v) is 4.64. The van der Waals surface area contributed by atoms with Crippen molar-refractivity contribution < 1.29 is 4.79 Å². The SMILES string of the molecule is Cc1ccc(N2CC(N(C)C)C2)cc1C(=O)NC1(c2cn(C)c3ccccc23)CC1. The third kappa shape index (κ3) is 3.08. The minimum Gasteiger partial charge on any atom is -0.368 e. The molecule has 0 radical (unpaired) electrons. The molecule has 1 aliphatic carbocycles. The maximum Gasteiger partial charge on any atom is 0.252 e. The van der Waals surface area contributed by atoms with Crippen molar-refractivity contribution in [3.8, 4) is 0 Å². The number of hydrogen-bond donors (Lipinski definition) is 1. The summed E-state index contributed by atoms with van der Waals surface area (Å²) in [6.07, 6.45) is 4.16. The van der Waals surface area contributed by atoms with Crippen LogP contribution in [-0.2, 0) is 12.6 Å². The van der Waals surface area contributed by atoms with Gasteiger partial charge in [0, 0.05) is 60.1 Å². The molecule has 1 N–H and O–H groups in total. The van der Waals surface area contributed by atoms with Gasteiger partial charge in [0.25, 0.3) is 5.91 Å². The summed E-state index contributed by atoms with van der Waals surface area (Å²) in [6.45, 7) is 4.04. The van der Waals surface area contributed by atoms with Crippen LogP contribution in [0.1, 0.15) is 34.3 Å². The molecule has 1 saturated carbocycles. The van der Waals surface area contributed by atoms with Gasteiger partial charge in [0.05, 0.1) is 5.54 Å². The van der Waals surface area contributed by atoms with Crippen molar-refractivity contribution in [2.75, 3.05) is 32.1 Å². The lowest BCUT2D eigenvalue weighted by molar-refractivity contribution is 0.0930. The summed E-state index contributed by atoms with van der Waals surface area (Å²) in [4.78, 5) is 18.0. The second-order valence-electron chi connectivity index (χ2n) is 9.23. The van der Waals surface area contributed by atoms with Crippen molar-refractivity contribution in [2.45, 2.75) is 31.3 Å². The van der Waals surface area contributed by atoms with Crippen LogP contribution >= 0.6 is 0 Å². The zero-order valence-corrected chi connectivity index (χ0v) is 18.3. The van der Waals surface area contributed by atoms with Crippen LogP contribution in [0.3, 0.4) is 0 Å². The van der Waals surface area contributed by atoms with E-state index in [1.54, 1.807) is 0 Å². The fraction of sp³-hybridized carbons (Fsp3) is 0.400. The Balaban J connectivity index is 1.40. The lowest BCUT2D eigenvalue weighted by Crippen LogP contribution is -2.57. The van der Waals surface area contributed by atoms with Gasteiger partial charge in [0.2, 0.25) is 0 Å². The fourth-order valence-electron chi connectivity index (χ4n) is 4.64. The molecule has 2 fully saturated rings. The van der Waals surface area contributed by atoms with E-state index in [0.29, 0.717) is 6.04 Å². The molecule has 0 spiro atoms. The van der Waals surface area contributed by atoms with E-state index >= 15 is 0 Å². The Morgan fingerprint density at radius 1 is 1.13 bits per heavy atom. The van der Waals surface area contributed by atoms with Crippen LogP contribution in [0, 0.1) is 6.92 Å². The van der Waals surface area contributed by atoms with Crippen molar-refractivity contribution >= 4 is 22.5 Å². The summed E-state index contributed by atoms with van der Waals surface area (Å²) in [5.74, 6) is 0.0319. The monoisotopic (exact) mass is 402 g/mol. The molecule has 5 rings (SSSR count). The molecule has 0 atom stereocenters. The van der Waals surface area contributed by atoms with Crippen LogP contribution in [0.4, 0.5) is 5.69 Å². The first kappa shape index (κ1) is 19.2. The minimum atomic E-state index is -0.243. The number of anilines is 1. The molecule has 5 heteroatoms. The highest BCUT2D eigenvalue weighted by Gasteiger charge is 2.47. The van der Waals surface area contributed by atoms with Crippen LogP contribution in [-0.4, -0.2) is 48.6 Å². The topological polar surface area (TPSA) is 40.5 Å². The van der Waals surface area contributed by atoms with Gasteiger partial charge in [-0.2, -0.15) is 0 Å². The highest BCUT2D eigenvalue weighted by Crippen LogP contribution is 2.48. The number of carbonyl (C=O) groups excluding carboxylic acids is 1. The van der Waals surface area contributed by atoms with Crippen LogP contribution in [0.5, 0.6) is 0 Å². The van der Waals surface area contributed by atoms with Crippen molar-refractivity contribution in [1.82, 2.24) is 14.8 Å². The Bertz CT molecular complexity index is 1120. The minimum absolute atomic E-state index is 0.0319. The Hall–Kier alpha value is -2.79. The Morgan fingerprint density at radius 3 is 2.57 bits per heavy atom. The molecule has 2 heterocycles. The third-order valence-corrected chi connectivity index (χ3v) is 6.94. The number of nitrogens with one attached hydrogen (secondary N) is 1. The van der Waals surface area contributed by atoms with Crippen LogP contribution in [0.25, 0.3) is 10.9 Å². The zero-order valence-electron chi connectivity index (χ0n) is 18.3. The number of nitrogens with zero attached hydrogens (tertiary/aromatic N) is 3. The molecule has 2 aromatic carbocycles. The molecule has 0 unspecified atom stereocenters. The van der Waals surface area contributed by atoms with Gasteiger partial charge in [-0.15, -0.1) is 0 Å². The van der Waals surface area contributed by atoms with E-state index in [0.717, 1.165) is 42.7 Å². The maximum atomic E-state index is 13.3. The third-order valence-electron chi connectivity index (χ3n) is 6.94. The Kier molecular flexibility index (Phi) is 4.40. The van der Waals surface area contributed by atoms with E-state index in [1.807, 2.05) is 6.92 Å². The van der Waals surface area contributed by atoms with Crippen molar-refractivity contribution in [3.63, 3.8) is 0 Å². The average Bonchev–Trinajstić information content (AvgIpc) is 3.37. The molecule has 3 aromatic rings. The standard InChI is InChI=1S/C25H30N4O/c1-17-9-10-18(29-14-19(15-29)27(2)3)13-21(17)24(30)26-25(11-12-25)22-16-28(4)23-8-6-5-7-20(22)23/h5-10,13,16,19H,11-12,14-15H2,1-4H3,(H,26,30). The average molecular weight is 403 g/mol. The van der Waals surface area contributed by atoms with Crippen LogP contribution in [0.15, 0.2) is 48.7 Å². The van der Waals surface area contributed by atoms with Gasteiger partial charge in [-0.25, -0.2) is 0 Å². The van der Waals surface area contributed by atoms with Gasteiger partial charge >= 0.3 is 0 Å². The first-order valence-corrected chi connectivity index (χ1v) is 10.8. The number of aryl methyl sites for hydroxylation is 2. The molecular weight excluding hydrogens is 372 g/mol.